The highest BCUT2D eigenvalue weighted by atomic mass is 79.9. The summed E-state index contributed by atoms with van der Waals surface area (Å²) in [5.41, 5.74) is -0.596. The monoisotopic (exact) mass is 264 g/mol. The van der Waals surface area contributed by atoms with Crippen LogP contribution in [0.3, 0.4) is 0 Å². The minimum absolute atomic E-state index is 0.318. The van der Waals surface area contributed by atoms with E-state index in [4.69, 9.17) is 11.6 Å². The fraction of sp³-hybridized carbons (Fsp3) is 0.400. The van der Waals surface area contributed by atoms with E-state index in [2.05, 4.69) is 15.9 Å². The molecule has 1 rings (SSSR count). The minimum atomic E-state index is -1.27. The van der Waals surface area contributed by atoms with Crippen molar-refractivity contribution in [3.63, 3.8) is 0 Å². The van der Waals surface area contributed by atoms with Crippen LogP contribution in [-0.4, -0.2) is 5.33 Å². The first-order valence-electron chi connectivity index (χ1n) is 4.13. The van der Waals surface area contributed by atoms with Gasteiger partial charge in [0, 0.05) is 10.4 Å². The van der Waals surface area contributed by atoms with Crippen molar-refractivity contribution in [2.75, 3.05) is 5.33 Å². The molecule has 0 fully saturated rings. The van der Waals surface area contributed by atoms with Crippen LogP contribution >= 0.6 is 27.5 Å². The number of halogens is 3. The summed E-state index contributed by atoms with van der Waals surface area (Å²) >= 11 is 8.89. The van der Waals surface area contributed by atoms with E-state index < -0.39 is 5.67 Å². The van der Waals surface area contributed by atoms with Gasteiger partial charge in [-0.3, -0.25) is 0 Å². The van der Waals surface area contributed by atoms with Crippen molar-refractivity contribution < 1.29 is 4.39 Å². The van der Waals surface area contributed by atoms with Crippen LogP contribution < -0.4 is 0 Å². The van der Waals surface area contributed by atoms with Gasteiger partial charge < -0.3 is 0 Å². The van der Waals surface area contributed by atoms with Crippen molar-refractivity contribution in [2.24, 2.45) is 0 Å². The summed E-state index contributed by atoms with van der Waals surface area (Å²) in [4.78, 5) is 0. The molecule has 0 unspecified atom stereocenters. The molecule has 13 heavy (non-hydrogen) atoms. The summed E-state index contributed by atoms with van der Waals surface area (Å²) in [6.07, 6.45) is 0.458. The van der Waals surface area contributed by atoms with Crippen LogP contribution in [0.25, 0.3) is 0 Å². The first kappa shape index (κ1) is 11.0. The van der Waals surface area contributed by atoms with E-state index in [1.54, 1.807) is 24.3 Å². The Bertz CT molecular complexity index is 267. The third-order valence-corrected chi connectivity index (χ3v) is 3.27. The first-order chi connectivity index (χ1) is 6.12. The molecule has 0 heterocycles. The second-order valence-corrected chi connectivity index (χ2v) is 3.96. The van der Waals surface area contributed by atoms with Crippen molar-refractivity contribution in [1.82, 2.24) is 0 Å². The van der Waals surface area contributed by atoms with Crippen LogP contribution in [0.5, 0.6) is 0 Å². The van der Waals surface area contributed by atoms with Gasteiger partial charge in [0.2, 0.25) is 0 Å². The lowest BCUT2D eigenvalue weighted by Gasteiger charge is -2.21. The molecule has 0 amide bonds. The average Bonchev–Trinajstić information content (AvgIpc) is 2.18. The van der Waals surface area contributed by atoms with Gasteiger partial charge >= 0.3 is 0 Å². The van der Waals surface area contributed by atoms with E-state index in [0.717, 1.165) is 0 Å². The molecule has 1 aromatic rings. The molecule has 1 atom stereocenters. The van der Waals surface area contributed by atoms with Gasteiger partial charge in [0.05, 0.1) is 0 Å². The van der Waals surface area contributed by atoms with Crippen molar-refractivity contribution >= 4 is 27.5 Å². The number of hydrogen-bond acceptors (Lipinski definition) is 0. The fourth-order valence-electron chi connectivity index (χ4n) is 1.12. The van der Waals surface area contributed by atoms with Gasteiger partial charge in [-0.25, -0.2) is 4.39 Å². The van der Waals surface area contributed by atoms with Gasteiger partial charge in [0.25, 0.3) is 0 Å². The molecule has 0 aliphatic rings. The van der Waals surface area contributed by atoms with Gasteiger partial charge in [-0.15, -0.1) is 0 Å². The maximum Gasteiger partial charge on any atom is 0.145 e. The molecule has 3 heteroatoms. The molecular formula is C10H11BrClF. The lowest BCUT2D eigenvalue weighted by Crippen LogP contribution is -2.20. The largest absolute Gasteiger partial charge is 0.238 e. The zero-order valence-corrected chi connectivity index (χ0v) is 9.70. The number of benzene rings is 1. The van der Waals surface area contributed by atoms with Gasteiger partial charge in [0.15, 0.2) is 0 Å². The first-order valence-corrected chi connectivity index (χ1v) is 5.63. The third-order valence-electron chi connectivity index (χ3n) is 2.13. The lowest BCUT2D eigenvalue weighted by atomic mass is 9.95. The highest BCUT2D eigenvalue weighted by Crippen LogP contribution is 2.32. The molecular weight excluding hydrogens is 254 g/mol. The van der Waals surface area contributed by atoms with Crippen LogP contribution in [0.4, 0.5) is 4.39 Å². The molecule has 0 saturated heterocycles. The Labute approximate surface area is 91.2 Å². The summed E-state index contributed by atoms with van der Waals surface area (Å²) in [5.74, 6) is 0. The summed E-state index contributed by atoms with van der Waals surface area (Å²) in [7, 11) is 0. The van der Waals surface area contributed by atoms with Gasteiger partial charge in [-0.2, -0.15) is 0 Å². The summed E-state index contributed by atoms with van der Waals surface area (Å²) < 4.78 is 14.0. The SMILES string of the molecule is CC[C@](F)(CBr)c1ccc(Cl)cc1. The number of alkyl halides is 2. The summed E-state index contributed by atoms with van der Waals surface area (Å²) in [6, 6.07) is 6.88. The molecule has 0 aliphatic carbocycles. The summed E-state index contributed by atoms with van der Waals surface area (Å²) in [5, 5.41) is 0.953. The Morgan fingerprint density at radius 2 is 1.92 bits per heavy atom. The average molecular weight is 266 g/mol. The Hall–Kier alpha value is -0.0800. The second-order valence-electron chi connectivity index (χ2n) is 2.96. The predicted octanol–water partition coefficient (Wildman–Crippen LogP) is 4.31. The predicted molar refractivity (Wildman–Crippen MR) is 58.3 cm³/mol. The quantitative estimate of drug-likeness (QED) is 0.715. The molecule has 1 aromatic carbocycles. The Balaban J connectivity index is 2.99. The van der Waals surface area contributed by atoms with Gasteiger partial charge in [-0.05, 0) is 24.1 Å². The maximum atomic E-state index is 14.0. The minimum Gasteiger partial charge on any atom is -0.238 e. The standard InChI is InChI=1S/C10H11BrClF/c1-2-10(13,7-11)8-3-5-9(12)6-4-8/h3-6H,2,7H2,1H3/t10-/m0/s1. The molecule has 0 N–H and O–H groups in total. The van der Waals surface area contributed by atoms with E-state index in [9.17, 15) is 4.39 Å². The topological polar surface area (TPSA) is 0 Å². The Morgan fingerprint density at radius 1 is 1.38 bits per heavy atom. The molecule has 72 valence electrons. The van der Waals surface area contributed by atoms with E-state index in [1.165, 1.54) is 0 Å². The molecule has 0 spiro atoms. The maximum absolute atomic E-state index is 14.0. The van der Waals surface area contributed by atoms with Crippen molar-refractivity contribution in [3.05, 3.63) is 34.9 Å². The molecule has 0 aliphatic heterocycles. The lowest BCUT2D eigenvalue weighted by molar-refractivity contribution is 0.194. The van der Waals surface area contributed by atoms with Crippen LogP contribution in [0, 0.1) is 0 Å². The summed E-state index contributed by atoms with van der Waals surface area (Å²) in [6.45, 7) is 1.83. The molecule has 0 bridgehead atoms. The normalized spacial score (nSPS) is 15.4. The van der Waals surface area contributed by atoms with E-state index in [0.29, 0.717) is 22.3 Å². The molecule has 0 radical (unpaired) electrons. The number of rotatable bonds is 3. The van der Waals surface area contributed by atoms with E-state index in [1.807, 2.05) is 6.92 Å². The zero-order chi connectivity index (χ0) is 9.90. The third kappa shape index (κ3) is 2.44. The van der Waals surface area contributed by atoms with Crippen LogP contribution in [-0.2, 0) is 5.67 Å². The molecule has 0 nitrogen and oxygen atoms in total. The Morgan fingerprint density at radius 3 is 2.31 bits per heavy atom. The van der Waals surface area contributed by atoms with Crippen molar-refractivity contribution in [1.29, 1.82) is 0 Å². The van der Waals surface area contributed by atoms with E-state index >= 15 is 0 Å². The van der Waals surface area contributed by atoms with Crippen LogP contribution in [0.1, 0.15) is 18.9 Å². The highest BCUT2D eigenvalue weighted by Gasteiger charge is 2.28. The molecule has 0 aromatic heterocycles. The molecule has 0 saturated carbocycles. The van der Waals surface area contributed by atoms with Gasteiger partial charge in [0.1, 0.15) is 5.67 Å². The zero-order valence-electron chi connectivity index (χ0n) is 7.36. The smallest absolute Gasteiger partial charge is 0.145 e. The Kier molecular flexibility index (Phi) is 3.74. The fourth-order valence-corrected chi connectivity index (χ4v) is 1.97. The number of hydrogen-bond donors (Lipinski definition) is 0. The van der Waals surface area contributed by atoms with Crippen LogP contribution in [0.2, 0.25) is 5.02 Å². The highest BCUT2D eigenvalue weighted by molar-refractivity contribution is 9.09. The van der Waals surface area contributed by atoms with Crippen molar-refractivity contribution in [3.8, 4) is 0 Å². The van der Waals surface area contributed by atoms with E-state index in [-0.39, 0.29) is 0 Å². The van der Waals surface area contributed by atoms with Gasteiger partial charge in [-0.1, -0.05) is 46.6 Å². The van der Waals surface area contributed by atoms with Crippen molar-refractivity contribution in [2.45, 2.75) is 19.0 Å². The van der Waals surface area contributed by atoms with Crippen LogP contribution in [0.15, 0.2) is 24.3 Å². The second kappa shape index (κ2) is 4.43.